The summed E-state index contributed by atoms with van der Waals surface area (Å²) in [5.41, 5.74) is -0.0241. The number of hydrogen-bond acceptors (Lipinski definition) is 4. The van der Waals surface area contributed by atoms with Crippen LogP contribution in [0.25, 0.3) is 0 Å². The molecule has 0 heterocycles. The zero-order chi connectivity index (χ0) is 9.84. The normalized spacial score (nSPS) is 8.92. The van der Waals surface area contributed by atoms with Crippen molar-refractivity contribution in [2.45, 2.75) is 0 Å². The van der Waals surface area contributed by atoms with Gasteiger partial charge >= 0.3 is 5.97 Å². The number of para-hydroxylation sites is 1. The summed E-state index contributed by atoms with van der Waals surface area (Å²) in [6.07, 6.45) is 0. The largest absolute Gasteiger partial charge is 0.478 e. The zero-order valence-electron chi connectivity index (χ0n) is 6.52. The van der Waals surface area contributed by atoms with Gasteiger partial charge in [-0.25, -0.2) is 4.79 Å². The standard InChI is InChI=1S/C8H6N2O3/c9-4-5-2-1-3-6(8(11)12)7(5)13-10/h1-3H,10H2,(H,11,12). The summed E-state index contributed by atoms with van der Waals surface area (Å²) in [4.78, 5) is 14.9. The van der Waals surface area contributed by atoms with Crippen LogP contribution in [0.1, 0.15) is 15.9 Å². The van der Waals surface area contributed by atoms with Gasteiger partial charge in [-0.3, -0.25) is 0 Å². The van der Waals surface area contributed by atoms with Gasteiger partial charge in [0.2, 0.25) is 0 Å². The summed E-state index contributed by atoms with van der Waals surface area (Å²) in [6, 6.07) is 5.96. The molecule has 1 rings (SSSR count). The molecule has 0 atom stereocenters. The third kappa shape index (κ3) is 1.58. The molecule has 13 heavy (non-hydrogen) atoms. The topological polar surface area (TPSA) is 96.3 Å². The molecule has 66 valence electrons. The molecular formula is C8H6N2O3. The predicted octanol–water partition coefficient (Wildman–Crippen LogP) is 0.509. The molecule has 5 heteroatoms. The minimum atomic E-state index is -1.18. The molecule has 5 nitrogen and oxygen atoms in total. The smallest absolute Gasteiger partial charge is 0.339 e. The predicted molar refractivity (Wildman–Crippen MR) is 42.9 cm³/mol. The number of hydrogen-bond donors (Lipinski definition) is 2. The molecule has 0 aliphatic rings. The molecule has 1 aromatic carbocycles. The molecule has 0 spiro atoms. The molecule has 0 fully saturated rings. The Morgan fingerprint density at radius 1 is 1.62 bits per heavy atom. The van der Waals surface area contributed by atoms with Crippen molar-refractivity contribution in [2.75, 3.05) is 0 Å². The third-order valence-corrected chi connectivity index (χ3v) is 1.48. The van der Waals surface area contributed by atoms with Crippen LogP contribution < -0.4 is 10.7 Å². The van der Waals surface area contributed by atoms with E-state index in [1.54, 1.807) is 6.07 Å². The van der Waals surface area contributed by atoms with Crippen molar-refractivity contribution in [2.24, 2.45) is 5.90 Å². The lowest BCUT2D eigenvalue weighted by atomic mass is 10.1. The lowest BCUT2D eigenvalue weighted by molar-refractivity contribution is 0.0692. The van der Waals surface area contributed by atoms with Crippen LogP contribution in [0.15, 0.2) is 18.2 Å². The number of carboxylic acid groups (broad SMARTS) is 1. The van der Waals surface area contributed by atoms with E-state index in [0.717, 1.165) is 0 Å². The molecule has 0 radical (unpaired) electrons. The summed E-state index contributed by atoms with van der Waals surface area (Å²) in [7, 11) is 0. The van der Waals surface area contributed by atoms with Gasteiger partial charge in [-0.2, -0.15) is 11.2 Å². The number of rotatable bonds is 2. The van der Waals surface area contributed by atoms with E-state index in [0.29, 0.717) is 0 Å². The minimum Gasteiger partial charge on any atom is -0.478 e. The Bertz CT molecular complexity index is 381. The van der Waals surface area contributed by atoms with Crippen LogP contribution in [-0.4, -0.2) is 11.1 Å². The molecule has 0 aromatic heterocycles. The Balaban J connectivity index is 3.38. The summed E-state index contributed by atoms with van der Waals surface area (Å²) in [6.45, 7) is 0. The number of carboxylic acids is 1. The number of benzene rings is 1. The van der Waals surface area contributed by atoms with Crippen LogP contribution in [0.2, 0.25) is 0 Å². The highest BCUT2D eigenvalue weighted by molar-refractivity contribution is 5.91. The number of nitrogens with zero attached hydrogens (tertiary/aromatic N) is 1. The molecule has 0 aliphatic heterocycles. The summed E-state index contributed by atoms with van der Waals surface area (Å²) < 4.78 is 0. The second-order valence-electron chi connectivity index (χ2n) is 2.22. The van der Waals surface area contributed by atoms with Crippen LogP contribution in [0.3, 0.4) is 0 Å². The van der Waals surface area contributed by atoms with Gasteiger partial charge in [0.05, 0.1) is 5.56 Å². The van der Waals surface area contributed by atoms with Gasteiger partial charge in [0.15, 0.2) is 5.75 Å². The average molecular weight is 178 g/mol. The van der Waals surface area contributed by atoms with Gasteiger partial charge < -0.3 is 9.94 Å². The second kappa shape index (κ2) is 3.56. The van der Waals surface area contributed by atoms with E-state index in [1.807, 2.05) is 0 Å². The molecule has 0 bridgehead atoms. The zero-order valence-corrected chi connectivity index (χ0v) is 6.52. The Kier molecular flexibility index (Phi) is 2.47. The Morgan fingerprint density at radius 3 is 2.77 bits per heavy atom. The van der Waals surface area contributed by atoms with E-state index in [4.69, 9.17) is 16.3 Å². The van der Waals surface area contributed by atoms with Crippen molar-refractivity contribution in [1.29, 1.82) is 5.26 Å². The van der Waals surface area contributed by atoms with Gasteiger partial charge in [0.25, 0.3) is 0 Å². The number of aromatic carboxylic acids is 1. The molecule has 0 saturated heterocycles. The monoisotopic (exact) mass is 178 g/mol. The van der Waals surface area contributed by atoms with Gasteiger partial charge in [0.1, 0.15) is 11.6 Å². The quantitative estimate of drug-likeness (QED) is 0.643. The maximum absolute atomic E-state index is 10.6. The molecule has 0 saturated carbocycles. The molecule has 3 N–H and O–H groups in total. The number of nitriles is 1. The highest BCUT2D eigenvalue weighted by Crippen LogP contribution is 2.21. The molecular weight excluding hydrogens is 172 g/mol. The fourth-order valence-electron chi connectivity index (χ4n) is 0.920. The summed E-state index contributed by atoms with van der Waals surface area (Å²) in [5, 5.41) is 17.2. The van der Waals surface area contributed by atoms with Crippen molar-refractivity contribution in [1.82, 2.24) is 0 Å². The van der Waals surface area contributed by atoms with Crippen molar-refractivity contribution in [3.8, 4) is 11.8 Å². The van der Waals surface area contributed by atoms with E-state index in [1.165, 1.54) is 18.2 Å². The van der Waals surface area contributed by atoms with Crippen LogP contribution in [-0.2, 0) is 0 Å². The van der Waals surface area contributed by atoms with Crippen LogP contribution in [0.4, 0.5) is 0 Å². The van der Waals surface area contributed by atoms with E-state index >= 15 is 0 Å². The maximum Gasteiger partial charge on any atom is 0.339 e. The third-order valence-electron chi connectivity index (χ3n) is 1.48. The van der Waals surface area contributed by atoms with Crippen molar-refractivity contribution in [3.63, 3.8) is 0 Å². The maximum atomic E-state index is 10.6. The molecule has 1 aromatic rings. The fourth-order valence-corrected chi connectivity index (χ4v) is 0.920. The van der Waals surface area contributed by atoms with Crippen LogP contribution >= 0.6 is 0 Å². The highest BCUT2D eigenvalue weighted by atomic mass is 16.6. The second-order valence-corrected chi connectivity index (χ2v) is 2.22. The lowest BCUT2D eigenvalue weighted by Crippen LogP contribution is -2.09. The van der Waals surface area contributed by atoms with E-state index in [-0.39, 0.29) is 16.9 Å². The van der Waals surface area contributed by atoms with Crippen molar-refractivity contribution < 1.29 is 14.7 Å². The molecule has 0 unspecified atom stereocenters. The minimum absolute atomic E-state index is 0.0994. The van der Waals surface area contributed by atoms with Gasteiger partial charge in [0, 0.05) is 0 Å². The summed E-state index contributed by atoms with van der Waals surface area (Å²) in [5.74, 6) is 3.55. The van der Waals surface area contributed by atoms with E-state index in [2.05, 4.69) is 4.84 Å². The van der Waals surface area contributed by atoms with E-state index in [9.17, 15) is 4.79 Å². The van der Waals surface area contributed by atoms with Gasteiger partial charge in [-0.05, 0) is 12.1 Å². The Morgan fingerprint density at radius 2 is 2.31 bits per heavy atom. The number of carbonyl (C=O) groups is 1. The first-order chi connectivity index (χ1) is 6.20. The lowest BCUT2D eigenvalue weighted by Gasteiger charge is -2.03. The van der Waals surface area contributed by atoms with Crippen LogP contribution in [0, 0.1) is 11.3 Å². The Hall–Kier alpha value is -2.06. The van der Waals surface area contributed by atoms with Gasteiger partial charge in [-0.1, -0.05) is 6.07 Å². The first kappa shape index (κ1) is 9.03. The van der Waals surface area contributed by atoms with E-state index < -0.39 is 5.97 Å². The summed E-state index contributed by atoms with van der Waals surface area (Å²) >= 11 is 0. The number of nitrogens with two attached hydrogens (primary N) is 1. The van der Waals surface area contributed by atoms with Crippen molar-refractivity contribution >= 4 is 5.97 Å². The fraction of sp³-hybridized carbons (Fsp3) is 0. The highest BCUT2D eigenvalue weighted by Gasteiger charge is 2.14. The average Bonchev–Trinajstić information content (AvgIpc) is 2.16. The van der Waals surface area contributed by atoms with Crippen molar-refractivity contribution in [3.05, 3.63) is 29.3 Å². The van der Waals surface area contributed by atoms with Crippen LogP contribution in [0.5, 0.6) is 5.75 Å². The first-order valence-electron chi connectivity index (χ1n) is 3.34. The molecule has 0 amide bonds. The SMILES string of the molecule is N#Cc1cccc(C(=O)O)c1ON. The first-order valence-corrected chi connectivity index (χ1v) is 3.34. The Labute approximate surface area is 73.9 Å². The molecule has 0 aliphatic carbocycles. The van der Waals surface area contributed by atoms with Gasteiger partial charge in [-0.15, -0.1) is 0 Å².